The van der Waals surface area contributed by atoms with E-state index in [0.717, 1.165) is 83.6 Å². The highest BCUT2D eigenvalue weighted by Gasteiger charge is 2.20. The molecular formula is C39H29N3O2. The van der Waals surface area contributed by atoms with E-state index in [2.05, 4.69) is 95.6 Å². The number of aromatic nitrogens is 2. The molecule has 4 heterocycles. The zero-order valence-electron chi connectivity index (χ0n) is 24.5. The van der Waals surface area contributed by atoms with Crippen molar-refractivity contribution < 1.29 is 8.83 Å². The van der Waals surface area contributed by atoms with Crippen LogP contribution in [0.4, 0.5) is 17.2 Å². The molecule has 0 unspecified atom stereocenters. The molecule has 0 fully saturated rings. The Bertz CT molecular complexity index is 2440. The fourth-order valence-corrected chi connectivity index (χ4v) is 6.14. The van der Waals surface area contributed by atoms with E-state index in [1.54, 1.807) is 0 Å². The van der Waals surface area contributed by atoms with Crippen LogP contribution in [0.3, 0.4) is 0 Å². The van der Waals surface area contributed by atoms with Crippen LogP contribution in [0.2, 0.25) is 0 Å². The van der Waals surface area contributed by atoms with Gasteiger partial charge in [-0.05, 0) is 65.9 Å². The van der Waals surface area contributed by atoms with Gasteiger partial charge in [0.15, 0.2) is 5.82 Å². The molecule has 8 aromatic rings. The molecule has 0 radical (unpaired) electrons. The van der Waals surface area contributed by atoms with E-state index in [1.807, 2.05) is 54.8 Å². The third-order valence-corrected chi connectivity index (χ3v) is 8.09. The highest BCUT2D eigenvalue weighted by molar-refractivity contribution is 6.08. The molecule has 212 valence electrons. The summed E-state index contributed by atoms with van der Waals surface area (Å²) in [4.78, 5) is 2.22. The lowest BCUT2D eigenvalue weighted by Gasteiger charge is -2.23. The van der Waals surface area contributed by atoms with E-state index in [4.69, 9.17) is 13.9 Å². The summed E-state index contributed by atoms with van der Waals surface area (Å²) in [6.45, 7) is 4.00. The Morgan fingerprint density at radius 2 is 1.18 bits per heavy atom. The predicted molar refractivity (Wildman–Crippen MR) is 181 cm³/mol. The Balaban J connectivity index is 0.00000142. The lowest BCUT2D eigenvalue weighted by molar-refractivity contribution is 0.668. The van der Waals surface area contributed by atoms with E-state index in [0.29, 0.717) is 6.42 Å². The van der Waals surface area contributed by atoms with Gasteiger partial charge in [0.25, 0.3) is 0 Å². The topological polar surface area (TPSA) is 46.8 Å². The molecular weight excluding hydrogens is 542 g/mol. The average Bonchev–Trinajstić information content (AvgIpc) is 3.75. The molecule has 5 nitrogen and oxygen atoms in total. The van der Waals surface area contributed by atoms with Crippen LogP contribution in [0, 0.1) is 11.8 Å². The second-order valence-electron chi connectivity index (χ2n) is 10.6. The smallest absolute Gasteiger partial charge is 0.160 e. The van der Waals surface area contributed by atoms with Gasteiger partial charge in [-0.1, -0.05) is 74.2 Å². The van der Waals surface area contributed by atoms with Crippen molar-refractivity contribution in [1.29, 1.82) is 0 Å². The first-order chi connectivity index (χ1) is 21.8. The number of hydrogen-bond acceptors (Lipinski definition) is 4. The normalized spacial score (nSPS) is 14.0. The minimum atomic E-state index is 0.702. The van der Waals surface area contributed by atoms with E-state index in [1.165, 1.54) is 0 Å². The third kappa shape index (κ3) is 4.15. The molecule has 9 rings (SSSR count). The summed E-state index contributed by atoms with van der Waals surface area (Å²) in [5, 5.41) is 11.7. The number of para-hydroxylation sites is 2. The third-order valence-electron chi connectivity index (χ3n) is 8.09. The minimum Gasteiger partial charge on any atom is -0.456 e. The summed E-state index contributed by atoms with van der Waals surface area (Å²) in [6, 6.07) is 35.5. The summed E-state index contributed by atoms with van der Waals surface area (Å²) < 4.78 is 14.4. The van der Waals surface area contributed by atoms with Gasteiger partial charge in [0.2, 0.25) is 0 Å². The summed E-state index contributed by atoms with van der Waals surface area (Å²) in [5.41, 5.74) is 6.49. The van der Waals surface area contributed by atoms with Crippen molar-refractivity contribution in [2.75, 3.05) is 4.90 Å². The minimum absolute atomic E-state index is 0.702. The summed E-state index contributed by atoms with van der Waals surface area (Å²) in [7, 11) is 0. The molecule has 0 saturated carbocycles. The van der Waals surface area contributed by atoms with Gasteiger partial charge in [-0.25, -0.2) is 4.52 Å². The Hall–Kier alpha value is -5.73. The molecule has 5 heteroatoms. The summed E-state index contributed by atoms with van der Waals surface area (Å²) in [6.07, 6.45) is 5.78. The van der Waals surface area contributed by atoms with Crippen molar-refractivity contribution in [3.63, 3.8) is 0 Å². The van der Waals surface area contributed by atoms with Crippen molar-refractivity contribution in [1.82, 2.24) is 9.61 Å². The molecule has 0 amide bonds. The average molecular weight is 572 g/mol. The molecule has 0 N–H and O–H groups in total. The van der Waals surface area contributed by atoms with E-state index in [-0.39, 0.29) is 0 Å². The monoisotopic (exact) mass is 571 g/mol. The van der Waals surface area contributed by atoms with Gasteiger partial charge < -0.3 is 8.83 Å². The van der Waals surface area contributed by atoms with Crippen LogP contribution >= 0.6 is 0 Å². The van der Waals surface area contributed by atoms with Crippen LogP contribution in [0.5, 0.6) is 0 Å². The maximum Gasteiger partial charge on any atom is 0.160 e. The molecule has 1 aliphatic rings. The second kappa shape index (κ2) is 10.5. The number of rotatable bonds is 3. The quantitative estimate of drug-likeness (QED) is 0.199. The molecule has 0 spiro atoms. The maximum atomic E-state index is 6.16. The van der Waals surface area contributed by atoms with Crippen LogP contribution in [0.15, 0.2) is 112 Å². The fraction of sp³-hybridized carbons (Fsp3) is 0.103. The molecule has 0 saturated heterocycles. The van der Waals surface area contributed by atoms with Gasteiger partial charge in [0.05, 0.1) is 10.9 Å². The van der Waals surface area contributed by atoms with Crippen LogP contribution in [0.25, 0.3) is 61.5 Å². The van der Waals surface area contributed by atoms with Crippen LogP contribution < -0.4 is 15.5 Å². The fourth-order valence-electron chi connectivity index (χ4n) is 6.14. The van der Waals surface area contributed by atoms with Crippen molar-refractivity contribution in [2.24, 2.45) is 0 Å². The van der Waals surface area contributed by atoms with Crippen LogP contribution in [0.1, 0.15) is 26.7 Å². The number of hydrogen-bond donors (Lipinski definition) is 0. The SMILES string of the molecule is C1#CC/C=c2\c(ccc3cc(N(c4ccc5oc6ccccc6c5c4)c4ccc5oc6ccccc6c5c4)nn23)=C/C1.CC. The molecule has 1 aliphatic carbocycles. The first-order valence-corrected chi connectivity index (χ1v) is 15.1. The van der Waals surface area contributed by atoms with Gasteiger partial charge in [0.1, 0.15) is 22.3 Å². The molecule has 4 aromatic carbocycles. The second-order valence-corrected chi connectivity index (χ2v) is 10.6. The Kier molecular flexibility index (Phi) is 6.20. The zero-order valence-corrected chi connectivity index (χ0v) is 24.5. The van der Waals surface area contributed by atoms with Crippen molar-refractivity contribution >= 4 is 78.7 Å². The van der Waals surface area contributed by atoms with Crippen molar-refractivity contribution in [2.45, 2.75) is 26.7 Å². The maximum absolute atomic E-state index is 6.16. The van der Waals surface area contributed by atoms with Crippen molar-refractivity contribution in [3.8, 4) is 11.8 Å². The van der Waals surface area contributed by atoms with Gasteiger partial charge in [-0.3, -0.25) is 4.90 Å². The molecule has 0 bridgehead atoms. The zero-order chi connectivity index (χ0) is 29.6. The highest BCUT2D eigenvalue weighted by Crippen LogP contribution is 2.40. The summed E-state index contributed by atoms with van der Waals surface area (Å²) >= 11 is 0. The number of furan rings is 2. The molecule has 0 aliphatic heterocycles. The predicted octanol–water partition coefficient (Wildman–Crippen LogP) is 8.99. The summed E-state index contributed by atoms with van der Waals surface area (Å²) in [5.74, 6) is 7.25. The van der Waals surface area contributed by atoms with Crippen LogP contribution in [-0.2, 0) is 0 Å². The largest absolute Gasteiger partial charge is 0.456 e. The van der Waals surface area contributed by atoms with E-state index < -0.39 is 0 Å². The van der Waals surface area contributed by atoms with E-state index in [9.17, 15) is 0 Å². The van der Waals surface area contributed by atoms with Crippen molar-refractivity contribution in [3.05, 3.63) is 114 Å². The number of nitrogens with zero attached hydrogens (tertiary/aromatic N) is 3. The van der Waals surface area contributed by atoms with Gasteiger partial charge >= 0.3 is 0 Å². The Morgan fingerprint density at radius 1 is 0.614 bits per heavy atom. The Morgan fingerprint density at radius 3 is 1.82 bits per heavy atom. The number of benzene rings is 4. The Labute approximate surface area is 253 Å². The van der Waals surface area contributed by atoms with Crippen LogP contribution in [-0.4, -0.2) is 9.61 Å². The number of pyridine rings is 1. The molecule has 4 aromatic heterocycles. The molecule has 44 heavy (non-hydrogen) atoms. The number of fused-ring (bicyclic) bond motifs is 9. The first kappa shape index (κ1) is 25.9. The standard InChI is InChI=1S/C37H23N3O2.C2H6/c1-2-4-12-32-24(9-3-1)15-16-27-23-37(38-40(27)32)39(25-17-19-35-30(21-25)28-10-5-7-13-33(28)41-35)26-18-20-36-31(22-26)29-11-6-8-14-34(29)42-36;1-2/h5-23H,3-4H2;1-2H3/b24-9-,32-12+;. The van der Waals surface area contributed by atoms with E-state index >= 15 is 0 Å². The number of anilines is 3. The molecule has 0 atom stereocenters. The van der Waals surface area contributed by atoms with Gasteiger partial charge in [0, 0.05) is 51.8 Å². The lowest BCUT2D eigenvalue weighted by atomic mass is 10.1. The van der Waals surface area contributed by atoms with Gasteiger partial charge in [-0.15, -0.1) is 5.10 Å². The van der Waals surface area contributed by atoms with Gasteiger partial charge in [-0.2, -0.15) is 0 Å². The highest BCUT2D eigenvalue weighted by atomic mass is 16.3. The lowest BCUT2D eigenvalue weighted by Crippen LogP contribution is -2.32. The first-order valence-electron chi connectivity index (χ1n) is 15.1.